The van der Waals surface area contributed by atoms with E-state index in [9.17, 15) is 4.79 Å². The van der Waals surface area contributed by atoms with Crippen molar-refractivity contribution in [3.05, 3.63) is 29.1 Å². The number of rotatable bonds is 1. The van der Waals surface area contributed by atoms with Gasteiger partial charge in [0.25, 0.3) is 5.91 Å². The predicted octanol–water partition coefficient (Wildman–Crippen LogP) is 0.115. The molecule has 5 heteroatoms. The third-order valence-corrected chi connectivity index (χ3v) is 3.97. The summed E-state index contributed by atoms with van der Waals surface area (Å²) in [5.74, 6) is 0.149. The molecule has 3 heterocycles. The number of carbonyl (C=O) groups is 1. The highest BCUT2D eigenvalue weighted by atomic mass is 16.2. The molecule has 0 spiro atoms. The summed E-state index contributed by atoms with van der Waals surface area (Å²) < 4.78 is 0. The van der Waals surface area contributed by atoms with Gasteiger partial charge in [0.2, 0.25) is 0 Å². The second kappa shape index (κ2) is 5.27. The van der Waals surface area contributed by atoms with E-state index in [-0.39, 0.29) is 5.91 Å². The number of nitrogens with zero attached hydrogens (tertiary/aromatic N) is 3. The van der Waals surface area contributed by atoms with Gasteiger partial charge in [-0.1, -0.05) is 0 Å². The van der Waals surface area contributed by atoms with Crippen LogP contribution in [0.25, 0.3) is 0 Å². The highest BCUT2D eigenvalue weighted by molar-refractivity contribution is 5.95. The molecule has 0 radical (unpaired) electrons. The number of hydrogen-bond acceptors (Lipinski definition) is 4. The summed E-state index contributed by atoms with van der Waals surface area (Å²) in [6, 6.07) is 0. The average Bonchev–Trinajstić information content (AvgIpc) is 2.46. The monoisotopic (exact) mass is 260 g/mol. The lowest BCUT2D eigenvalue weighted by atomic mass is 9.96. The minimum atomic E-state index is 0.149. The Morgan fingerprint density at radius 3 is 2.84 bits per heavy atom. The molecule has 1 fully saturated rings. The second-order valence-electron chi connectivity index (χ2n) is 5.35. The van der Waals surface area contributed by atoms with Crippen molar-refractivity contribution in [2.24, 2.45) is 0 Å². The summed E-state index contributed by atoms with van der Waals surface area (Å²) in [4.78, 5) is 21.1. The lowest BCUT2D eigenvalue weighted by Crippen LogP contribution is -2.46. The topological polar surface area (TPSA) is 48.5 Å². The number of likely N-dealkylation sites (N-methyl/N-ethyl adjacent to an activating group) is 1. The number of aromatic nitrogens is 1. The van der Waals surface area contributed by atoms with Crippen LogP contribution in [0.3, 0.4) is 0 Å². The lowest BCUT2D eigenvalue weighted by Gasteiger charge is -2.30. The van der Waals surface area contributed by atoms with Crippen LogP contribution < -0.4 is 5.32 Å². The van der Waals surface area contributed by atoms with Gasteiger partial charge in [-0.25, -0.2) is 0 Å². The highest BCUT2D eigenvalue weighted by Crippen LogP contribution is 2.22. The first-order chi connectivity index (χ1) is 9.25. The van der Waals surface area contributed by atoms with E-state index in [1.165, 1.54) is 11.1 Å². The van der Waals surface area contributed by atoms with E-state index in [4.69, 9.17) is 0 Å². The molecule has 5 nitrogen and oxygen atoms in total. The van der Waals surface area contributed by atoms with Gasteiger partial charge in [-0.05, 0) is 24.6 Å². The summed E-state index contributed by atoms with van der Waals surface area (Å²) in [6.07, 6.45) is 4.59. The molecule has 1 saturated heterocycles. The van der Waals surface area contributed by atoms with Crippen molar-refractivity contribution in [2.45, 2.75) is 13.0 Å². The smallest absolute Gasteiger partial charge is 0.255 e. The molecule has 0 saturated carbocycles. The maximum atomic E-state index is 12.6. The zero-order valence-electron chi connectivity index (χ0n) is 11.4. The van der Waals surface area contributed by atoms with Crippen LogP contribution in [-0.4, -0.2) is 60.5 Å². The minimum Gasteiger partial charge on any atom is -0.336 e. The lowest BCUT2D eigenvalue weighted by molar-refractivity contribution is 0.0733. The maximum absolute atomic E-state index is 12.6. The van der Waals surface area contributed by atoms with E-state index in [0.717, 1.165) is 51.3 Å². The molecular weight excluding hydrogens is 240 g/mol. The first-order valence-corrected chi connectivity index (χ1v) is 6.90. The van der Waals surface area contributed by atoms with Gasteiger partial charge in [0.1, 0.15) is 0 Å². The molecule has 2 aliphatic heterocycles. The van der Waals surface area contributed by atoms with E-state index in [2.05, 4.69) is 22.2 Å². The first kappa shape index (κ1) is 12.6. The molecule has 1 aromatic heterocycles. The molecule has 3 rings (SSSR count). The number of pyridine rings is 1. The summed E-state index contributed by atoms with van der Waals surface area (Å²) in [5.41, 5.74) is 3.22. The van der Waals surface area contributed by atoms with Crippen molar-refractivity contribution in [3.63, 3.8) is 0 Å². The third-order valence-electron chi connectivity index (χ3n) is 3.97. The van der Waals surface area contributed by atoms with Crippen molar-refractivity contribution >= 4 is 5.91 Å². The van der Waals surface area contributed by atoms with Crippen LogP contribution in [0.4, 0.5) is 0 Å². The molecular formula is C14H20N4O. The number of carbonyl (C=O) groups excluding carboxylic acids is 1. The first-order valence-electron chi connectivity index (χ1n) is 6.90. The summed E-state index contributed by atoms with van der Waals surface area (Å²) in [5, 5.41) is 3.27. The van der Waals surface area contributed by atoms with Crippen molar-refractivity contribution < 1.29 is 4.79 Å². The number of amides is 1. The van der Waals surface area contributed by atoms with Gasteiger partial charge in [0, 0.05) is 51.7 Å². The van der Waals surface area contributed by atoms with E-state index < -0.39 is 0 Å². The third kappa shape index (κ3) is 2.48. The summed E-state index contributed by atoms with van der Waals surface area (Å²) >= 11 is 0. The van der Waals surface area contributed by atoms with Crippen LogP contribution in [0.1, 0.15) is 21.5 Å². The van der Waals surface area contributed by atoms with E-state index in [0.29, 0.717) is 0 Å². The molecule has 19 heavy (non-hydrogen) atoms. The van der Waals surface area contributed by atoms with E-state index >= 15 is 0 Å². The van der Waals surface area contributed by atoms with Gasteiger partial charge >= 0.3 is 0 Å². The van der Waals surface area contributed by atoms with Crippen LogP contribution in [0, 0.1) is 0 Å². The Hall–Kier alpha value is -1.46. The summed E-state index contributed by atoms with van der Waals surface area (Å²) in [6.45, 7) is 5.27. The second-order valence-corrected chi connectivity index (χ2v) is 5.35. The van der Waals surface area contributed by atoms with Crippen LogP contribution in [0.15, 0.2) is 12.4 Å². The van der Waals surface area contributed by atoms with Gasteiger partial charge in [0.15, 0.2) is 0 Å². The number of nitrogens with one attached hydrogen (secondary N) is 1. The fraction of sp³-hybridized carbons (Fsp3) is 0.571. The molecule has 0 unspecified atom stereocenters. The van der Waals surface area contributed by atoms with Gasteiger partial charge in [-0.15, -0.1) is 0 Å². The number of hydrogen-bond donors (Lipinski definition) is 1. The molecule has 1 N–H and O–H groups in total. The fourth-order valence-corrected chi connectivity index (χ4v) is 2.86. The Morgan fingerprint density at radius 1 is 1.26 bits per heavy atom. The molecule has 0 atom stereocenters. The zero-order valence-corrected chi connectivity index (χ0v) is 11.4. The molecule has 0 aromatic carbocycles. The molecule has 102 valence electrons. The zero-order chi connectivity index (χ0) is 13.2. The molecule has 2 aliphatic rings. The highest BCUT2D eigenvalue weighted by Gasteiger charge is 2.24. The Labute approximate surface area is 113 Å². The van der Waals surface area contributed by atoms with Crippen molar-refractivity contribution in [1.29, 1.82) is 0 Å². The Morgan fingerprint density at radius 2 is 2.05 bits per heavy atom. The van der Waals surface area contributed by atoms with Gasteiger partial charge in [-0.2, -0.15) is 0 Å². The quantitative estimate of drug-likeness (QED) is 0.779. The van der Waals surface area contributed by atoms with Crippen molar-refractivity contribution in [2.75, 3.05) is 39.8 Å². The Bertz CT molecular complexity index is 482. The van der Waals surface area contributed by atoms with Gasteiger partial charge in [0.05, 0.1) is 5.56 Å². The van der Waals surface area contributed by atoms with E-state index in [1.54, 1.807) is 6.20 Å². The predicted molar refractivity (Wildman–Crippen MR) is 73.0 cm³/mol. The van der Waals surface area contributed by atoms with Crippen LogP contribution in [0.5, 0.6) is 0 Å². The number of piperazine rings is 1. The molecule has 1 amide bonds. The standard InChI is InChI=1S/C14H20N4O/c1-17-5-2-12-11(10-17)8-16-9-13(12)14(19)18-6-3-15-4-7-18/h8-9,15H,2-7,10H2,1H3. The van der Waals surface area contributed by atoms with E-state index in [1.807, 2.05) is 11.1 Å². The SMILES string of the molecule is CN1CCc2c(cncc2C(=O)N2CCNCC2)C1. The summed E-state index contributed by atoms with van der Waals surface area (Å²) in [7, 11) is 2.10. The number of fused-ring (bicyclic) bond motifs is 1. The molecule has 0 bridgehead atoms. The van der Waals surface area contributed by atoms with Crippen molar-refractivity contribution in [3.8, 4) is 0 Å². The van der Waals surface area contributed by atoms with Crippen LogP contribution >= 0.6 is 0 Å². The van der Waals surface area contributed by atoms with Crippen LogP contribution in [-0.2, 0) is 13.0 Å². The van der Waals surface area contributed by atoms with Crippen molar-refractivity contribution in [1.82, 2.24) is 20.1 Å². The van der Waals surface area contributed by atoms with Crippen LogP contribution in [0.2, 0.25) is 0 Å². The minimum absolute atomic E-state index is 0.149. The van der Waals surface area contributed by atoms with Gasteiger partial charge < -0.3 is 15.1 Å². The average molecular weight is 260 g/mol. The Balaban J connectivity index is 1.88. The fourth-order valence-electron chi connectivity index (χ4n) is 2.86. The van der Waals surface area contributed by atoms with Gasteiger partial charge in [-0.3, -0.25) is 9.78 Å². The Kier molecular flexibility index (Phi) is 3.48. The largest absolute Gasteiger partial charge is 0.336 e. The maximum Gasteiger partial charge on any atom is 0.255 e. The molecule has 0 aliphatic carbocycles. The molecule has 1 aromatic rings. The normalized spacial score (nSPS) is 20.2.